The van der Waals surface area contributed by atoms with Crippen LogP contribution in [-0.2, 0) is 16.0 Å². The molecule has 30 heavy (non-hydrogen) atoms. The molecule has 2 saturated heterocycles. The van der Waals surface area contributed by atoms with Gasteiger partial charge in [0.1, 0.15) is 17.4 Å². The second-order valence-corrected chi connectivity index (χ2v) is 7.27. The van der Waals surface area contributed by atoms with Gasteiger partial charge in [-0.2, -0.15) is 0 Å². The average Bonchev–Trinajstić information content (AvgIpc) is 3.13. The van der Waals surface area contributed by atoms with Gasteiger partial charge in [0.05, 0.1) is 39.0 Å². The lowest BCUT2D eigenvalue weighted by Gasteiger charge is -2.32. The van der Waals surface area contributed by atoms with Crippen molar-refractivity contribution < 1.29 is 18.3 Å². The molecule has 0 aromatic carbocycles. The van der Waals surface area contributed by atoms with Gasteiger partial charge in [0.2, 0.25) is 5.95 Å². The van der Waals surface area contributed by atoms with E-state index in [-0.39, 0.29) is 29.8 Å². The molecule has 4 heterocycles. The largest absolute Gasteiger partial charge is 0.378 e. The summed E-state index contributed by atoms with van der Waals surface area (Å²) in [4.78, 5) is 20.9. The number of nitrogens with two attached hydrogens (primary N) is 1. The Balaban J connectivity index is 1.69. The van der Waals surface area contributed by atoms with Gasteiger partial charge in [-0.3, -0.25) is 4.99 Å². The second-order valence-electron chi connectivity index (χ2n) is 7.27. The van der Waals surface area contributed by atoms with Crippen molar-refractivity contribution in [3.63, 3.8) is 0 Å². The number of aromatic nitrogens is 2. The Bertz CT molecular complexity index is 855. The topological polar surface area (TPSA) is 101 Å². The first kappa shape index (κ1) is 20.6. The molecule has 0 spiro atoms. The lowest BCUT2D eigenvalue weighted by atomic mass is 10.1. The number of hydrogen-bond acceptors (Lipinski definition) is 8. The van der Waals surface area contributed by atoms with Crippen molar-refractivity contribution in [2.75, 3.05) is 51.8 Å². The third-order valence-corrected chi connectivity index (χ3v) is 5.46. The number of ether oxygens (including phenoxy) is 2. The molecule has 2 N–H and O–H groups in total. The molecule has 4 rings (SSSR count). The van der Waals surface area contributed by atoms with E-state index in [2.05, 4.69) is 31.5 Å². The van der Waals surface area contributed by atoms with Crippen LogP contribution in [0.4, 0.5) is 14.7 Å². The molecule has 0 amide bonds. The monoisotopic (exact) mass is 421 g/mol. The fraction of sp³-hybridized carbons (Fsp3) is 0.579. The molecule has 1 aromatic rings. The number of nitrogen functional groups attached to an aromatic ring is 1. The first-order chi connectivity index (χ1) is 14.6. The van der Waals surface area contributed by atoms with Crippen molar-refractivity contribution in [2.24, 2.45) is 9.98 Å². The fourth-order valence-corrected chi connectivity index (χ4v) is 4.05. The van der Waals surface area contributed by atoms with Crippen molar-refractivity contribution in [3.05, 3.63) is 28.8 Å². The van der Waals surface area contributed by atoms with Crippen molar-refractivity contribution in [1.29, 1.82) is 0 Å². The zero-order valence-electron chi connectivity index (χ0n) is 16.6. The molecule has 1 unspecified atom stereocenters. The smallest absolute Gasteiger partial charge is 0.280 e. The number of morpholine rings is 2. The SMILES string of the molecule is C=NC1=C(/C(=N\Cc2cnc(N)nc2C(F)F)N2CCOCC2)CC2COCCN12. The van der Waals surface area contributed by atoms with Crippen LogP contribution < -0.4 is 5.73 Å². The normalized spacial score (nSPS) is 22.6. The summed E-state index contributed by atoms with van der Waals surface area (Å²) in [5.74, 6) is 1.34. The summed E-state index contributed by atoms with van der Waals surface area (Å²) in [5, 5.41) is 0. The van der Waals surface area contributed by atoms with Crippen molar-refractivity contribution in [2.45, 2.75) is 25.4 Å². The Labute approximate surface area is 173 Å². The fourth-order valence-electron chi connectivity index (χ4n) is 4.05. The highest BCUT2D eigenvalue weighted by atomic mass is 19.3. The van der Waals surface area contributed by atoms with Gasteiger partial charge in [-0.25, -0.2) is 23.7 Å². The average molecular weight is 421 g/mol. The second kappa shape index (κ2) is 9.00. The highest BCUT2D eigenvalue weighted by Crippen LogP contribution is 2.33. The van der Waals surface area contributed by atoms with Crippen LogP contribution in [0, 0.1) is 0 Å². The third kappa shape index (κ3) is 4.12. The van der Waals surface area contributed by atoms with Gasteiger partial charge in [0, 0.05) is 43.4 Å². The molecule has 3 aliphatic heterocycles. The van der Waals surface area contributed by atoms with Gasteiger partial charge < -0.3 is 25.0 Å². The van der Waals surface area contributed by atoms with E-state index in [1.54, 1.807) is 0 Å². The number of rotatable bonds is 5. The zero-order chi connectivity index (χ0) is 21.1. The predicted molar refractivity (Wildman–Crippen MR) is 107 cm³/mol. The molecule has 0 radical (unpaired) electrons. The molecule has 162 valence electrons. The number of halogens is 2. The summed E-state index contributed by atoms with van der Waals surface area (Å²) in [6.45, 7) is 8.22. The lowest BCUT2D eigenvalue weighted by Crippen LogP contribution is -2.42. The quantitative estimate of drug-likeness (QED) is 0.564. The van der Waals surface area contributed by atoms with Crippen LogP contribution in [0.25, 0.3) is 0 Å². The summed E-state index contributed by atoms with van der Waals surface area (Å²) in [6.07, 6.45) is -0.726. The molecule has 1 atom stereocenters. The Morgan fingerprint density at radius 3 is 2.77 bits per heavy atom. The summed E-state index contributed by atoms with van der Waals surface area (Å²) >= 11 is 0. The minimum absolute atomic E-state index is 0.0156. The van der Waals surface area contributed by atoms with Crippen LogP contribution in [0.5, 0.6) is 0 Å². The van der Waals surface area contributed by atoms with Crippen LogP contribution in [0.2, 0.25) is 0 Å². The number of nitrogens with zero attached hydrogens (tertiary/aromatic N) is 6. The van der Waals surface area contributed by atoms with Crippen LogP contribution in [0.3, 0.4) is 0 Å². The maximum absolute atomic E-state index is 13.4. The first-order valence-electron chi connectivity index (χ1n) is 9.89. The maximum atomic E-state index is 13.4. The van der Waals surface area contributed by atoms with Gasteiger partial charge in [-0.15, -0.1) is 0 Å². The number of amidine groups is 1. The van der Waals surface area contributed by atoms with Crippen molar-refractivity contribution >= 4 is 18.5 Å². The van der Waals surface area contributed by atoms with Crippen LogP contribution in [-0.4, -0.2) is 84.4 Å². The Kier molecular flexibility index (Phi) is 6.18. The van der Waals surface area contributed by atoms with E-state index < -0.39 is 6.43 Å². The minimum atomic E-state index is -2.76. The van der Waals surface area contributed by atoms with E-state index in [4.69, 9.17) is 20.2 Å². The van der Waals surface area contributed by atoms with E-state index in [0.717, 1.165) is 23.8 Å². The Morgan fingerprint density at radius 2 is 2.03 bits per heavy atom. The highest BCUT2D eigenvalue weighted by molar-refractivity contribution is 5.99. The standard InChI is InChI=1S/C19H25F2N7O2/c1-23-17-14(8-13-11-30-7-4-28(13)17)18(27-2-5-29-6-3-27)24-9-12-10-25-19(22)26-15(12)16(20)21/h10,13,16H,1-9,11H2,(H2,22,25,26)/b24-18+. The van der Waals surface area contributed by atoms with Gasteiger partial charge in [0.25, 0.3) is 6.43 Å². The molecule has 0 aliphatic carbocycles. The van der Waals surface area contributed by atoms with E-state index in [9.17, 15) is 8.78 Å². The lowest BCUT2D eigenvalue weighted by molar-refractivity contribution is 0.0186. The molecule has 9 nitrogen and oxygen atoms in total. The minimum Gasteiger partial charge on any atom is -0.378 e. The highest BCUT2D eigenvalue weighted by Gasteiger charge is 2.37. The summed E-state index contributed by atoms with van der Waals surface area (Å²) in [7, 11) is 0. The van der Waals surface area contributed by atoms with E-state index in [0.29, 0.717) is 45.9 Å². The zero-order valence-corrected chi connectivity index (χ0v) is 16.6. The third-order valence-electron chi connectivity index (χ3n) is 5.46. The van der Waals surface area contributed by atoms with Crippen LogP contribution in [0.1, 0.15) is 24.1 Å². The number of hydrogen-bond donors (Lipinski definition) is 1. The molecule has 11 heteroatoms. The van der Waals surface area contributed by atoms with E-state index in [1.807, 2.05) is 0 Å². The van der Waals surface area contributed by atoms with Crippen LogP contribution in [0.15, 0.2) is 27.6 Å². The van der Waals surface area contributed by atoms with Gasteiger partial charge in [-0.1, -0.05) is 0 Å². The van der Waals surface area contributed by atoms with Crippen LogP contribution >= 0.6 is 0 Å². The van der Waals surface area contributed by atoms with Gasteiger partial charge >= 0.3 is 0 Å². The molecule has 2 fully saturated rings. The molecule has 0 saturated carbocycles. The molecular weight excluding hydrogens is 396 g/mol. The van der Waals surface area contributed by atoms with Crippen molar-refractivity contribution in [1.82, 2.24) is 19.8 Å². The summed E-state index contributed by atoms with van der Waals surface area (Å²) < 4.78 is 38.0. The van der Waals surface area contributed by atoms with Crippen molar-refractivity contribution in [3.8, 4) is 0 Å². The Hall–Kier alpha value is -2.66. The number of aliphatic imine (C=N–C) groups is 2. The maximum Gasteiger partial charge on any atom is 0.280 e. The molecule has 3 aliphatic rings. The van der Waals surface area contributed by atoms with Gasteiger partial charge in [0.15, 0.2) is 0 Å². The molecular formula is C19H25F2N7O2. The van der Waals surface area contributed by atoms with E-state index >= 15 is 0 Å². The molecule has 1 aromatic heterocycles. The Morgan fingerprint density at radius 1 is 1.27 bits per heavy atom. The van der Waals surface area contributed by atoms with Gasteiger partial charge in [-0.05, 0) is 6.72 Å². The number of anilines is 1. The molecule has 0 bridgehead atoms. The number of fused-ring (bicyclic) bond motifs is 1. The predicted octanol–water partition coefficient (Wildman–Crippen LogP) is 1.24. The summed E-state index contributed by atoms with van der Waals surface area (Å²) in [6, 6.07) is 0.178. The number of alkyl halides is 2. The summed E-state index contributed by atoms with van der Waals surface area (Å²) in [5.41, 5.74) is 6.30. The first-order valence-corrected chi connectivity index (χ1v) is 9.89. The van der Waals surface area contributed by atoms with E-state index in [1.165, 1.54) is 6.20 Å².